The summed E-state index contributed by atoms with van der Waals surface area (Å²) in [4.78, 5) is 0. The first-order valence-corrected chi connectivity index (χ1v) is 8.95. The number of hydrogen-bond acceptors (Lipinski definition) is 4. The lowest BCUT2D eigenvalue weighted by Crippen LogP contribution is -2.28. The van der Waals surface area contributed by atoms with E-state index in [1.807, 2.05) is 19.1 Å². The smallest absolute Gasteiger partial charge is 0.214 e. The molecule has 0 aromatic heterocycles. The van der Waals surface area contributed by atoms with E-state index >= 15 is 0 Å². The predicted octanol–water partition coefficient (Wildman–Crippen LogP) is 1.84. The molecule has 0 fully saturated rings. The van der Waals surface area contributed by atoms with Crippen LogP contribution in [-0.2, 0) is 27.7 Å². The highest BCUT2D eigenvalue weighted by molar-refractivity contribution is 9.10. The molecule has 0 aliphatic carbocycles. The summed E-state index contributed by atoms with van der Waals surface area (Å²) in [5.74, 6) is 0.776. The van der Waals surface area contributed by atoms with Crippen LogP contribution in [0.1, 0.15) is 18.1 Å². The van der Waals surface area contributed by atoms with Crippen molar-refractivity contribution in [3.05, 3.63) is 27.7 Å². The highest BCUT2D eigenvalue weighted by Crippen LogP contribution is 2.32. The third kappa shape index (κ3) is 4.18. The van der Waals surface area contributed by atoms with E-state index in [1.54, 1.807) is 0 Å². The minimum atomic E-state index is -3.33. The molecule has 0 radical (unpaired) electrons. The molecule has 5 nitrogen and oxygen atoms in total. The molecule has 0 saturated carbocycles. The Labute approximate surface area is 127 Å². The molecule has 1 heterocycles. The van der Waals surface area contributed by atoms with E-state index in [0.29, 0.717) is 13.2 Å². The van der Waals surface area contributed by atoms with Gasteiger partial charge in [-0.15, -0.1) is 0 Å². The average Bonchev–Trinajstić information content (AvgIpc) is 2.84. The van der Waals surface area contributed by atoms with Crippen LogP contribution in [0.4, 0.5) is 0 Å². The van der Waals surface area contributed by atoms with Gasteiger partial charge in [-0.3, -0.25) is 0 Å². The van der Waals surface area contributed by atoms with Gasteiger partial charge in [-0.05, 0) is 24.6 Å². The summed E-state index contributed by atoms with van der Waals surface area (Å²) in [6, 6.07) is 3.89. The Balaban J connectivity index is 2.01. The summed E-state index contributed by atoms with van der Waals surface area (Å²) >= 11 is 3.43. The van der Waals surface area contributed by atoms with Crippen LogP contribution in [-0.4, -0.2) is 34.0 Å². The van der Waals surface area contributed by atoms with Crippen molar-refractivity contribution in [2.75, 3.05) is 25.6 Å². The summed E-state index contributed by atoms with van der Waals surface area (Å²) < 4.78 is 37.8. The first-order valence-electron chi connectivity index (χ1n) is 6.51. The third-order valence-corrected chi connectivity index (χ3v) is 4.75. The fourth-order valence-corrected chi connectivity index (χ4v) is 3.46. The fraction of sp³-hybridized carbons (Fsp3) is 0.538. The van der Waals surface area contributed by atoms with E-state index in [9.17, 15) is 8.42 Å². The van der Waals surface area contributed by atoms with E-state index in [0.717, 1.165) is 27.8 Å². The molecule has 1 aliphatic heterocycles. The molecule has 1 N–H and O–H groups in total. The zero-order valence-corrected chi connectivity index (χ0v) is 13.7. The molecule has 0 amide bonds. The van der Waals surface area contributed by atoms with Crippen LogP contribution >= 0.6 is 15.9 Å². The van der Waals surface area contributed by atoms with Gasteiger partial charge in [0, 0.05) is 29.6 Å². The van der Waals surface area contributed by atoms with Crippen molar-refractivity contribution >= 4 is 26.0 Å². The molecule has 2 rings (SSSR count). The van der Waals surface area contributed by atoms with Crippen molar-refractivity contribution < 1.29 is 17.9 Å². The molecular formula is C13H18BrNO4S. The minimum absolute atomic E-state index is 0.0299. The van der Waals surface area contributed by atoms with E-state index in [1.165, 1.54) is 0 Å². The molecule has 0 unspecified atom stereocenters. The molecule has 0 bridgehead atoms. The number of ether oxygens (including phenoxy) is 2. The number of halogens is 1. The number of rotatable bonds is 7. The third-order valence-electron chi connectivity index (χ3n) is 3.01. The topological polar surface area (TPSA) is 64.6 Å². The lowest BCUT2D eigenvalue weighted by Gasteiger charge is -2.11. The Bertz CT molecular complexity index is 574. The van der Waals surface area contributed by atoms with Crippen LogP contribution in [0.25, 0.3) is 0 Å². The zero-order valence-electron chi connectivity index (χ0n) is 11.3. The van der Waals surface area contributed by atoms with Gasteiger partial charge in [0.2, 0.25) is 10.0 Å². The molecule has 7 heteroatoms. The summed E-state index contributed by atoms with van der Waals surface area (Å²) in [5.41, 5.74) is 1.97. The van der Waals surface area contributed by atoms with Crippen LogP contribution in [0.3, 0.4) is 0 Å². The maximum Gasteiger partial charge on any atom is 0.214 e. The second-order valence-corrected chi connectivity index (χ2v) is 7.33. The summed E-state index contributed by atoms with van der Waals surface area (Å²) in [5, 5.41) is 0. The Morgan fingerprint density at radius 3 is 3.00 bits per heavy atom. The van der Waals surface area contributed by atoms with Crippen molar-refractivity contribution in [3.8, 4) is 5.75 Å². The maximum atomic E-state index is 11.8. The molecular weight excluding hydrogens is 346 g/mol. The van der Waals surface area contributed by atoms with Gasteiger partial charge in [-0.25, -0.2) is 13.1 Å². The molecule has 1 aromatic carbocycles. The maximum absolute atomic E-state index is 11.8. The number of hydrogen-bond donors (Lipinski definition) is 1. The lowest BCUT2D eigenvalue weighted by molar-refractivity contribution is 0.163. The summed E-state index contributed by atoms with van der Waals surface area (Å²) in [6.45, 7) is 3.44. The zero-order chi connectivity index (χ0) is 14.6. The van der Waals surface area contributed by atoms with E-state index in [-0.39, 0.29) is 18.9 Å². The highest BCUT2D eigenvalue weighted by Gasteiger charge is 2.19. The average molecular weight is 364 g/mol. The van der Waals surface area contributed by atoms with Gasteiger partial charge in [-0.1, -0.05) is 15.9 Å². The van der Waals surface area contributed by atoms with Crippen molar-refractivity contribution in [2.45, 2.75) is 19.9 Å². The predicted molar refractivity (Wildman–Crippen MR) is 80.5 cm³/mol. The van der Waals surface area contributed by atoms with Crippen LogP contribution in [0.2, 0.25) is 0 Å². The van der Waals surface area contributed by atoms with E-state index < -0.39 is 10.0 Å². The second kappa shape index (κ2) is 6.89. The van der Waals surface area contributed by atoms with Gasteiger partial charge in [0.25, 0.3) is 0 Å². The van der Waals surface area contributed by atoms with E-state index in [4.69, 9.17) is 9.47 Å². The Kier molecular flexibility index (Phi) is 5.42. The number of benzene rings is 1. The highest BCUT2D eigenvalue weighted by atomic mass is 79.9. The number of nitrogens with one attached hydrogen (secondary N) is 1. The van der Waals surface area contributed by atoms with Gasteiger partial charge in [0.15, 0.2) is 0 Å². The largest absolute Gasteiger partial charge is 0.493 e. The fourth-order valence-electron chi connectivity index (χ4n) is 2.05. The van der Waals surface area contributed by atoms with Crippen LogP contribution < -0.4 is 9.46 Å². The van der Waals surface area contributed by atoms with Crippen molar-refractivity contribution in [1.82, 2.24) is 4.72 Å². The normalized spacial score (nSPS) is 14.1. The molecule has 1 aromatic rings. The van der Waals surface area contributed by atoms with Gasteiger partial charge >= 0.3 is 0 Å². The molecule has 20 heavy (non-hydrogen) atoms. The Morgan fingerprint density at radius 1 is 1.45 bits per heavy atom. The molecule has 0 spiro atoms. The lowest BCUT2D eigenvalue weighted by atomic mass is 10.1. The number of sulfonamides is 1. The molecule has 0 atom stereocenters. The van der Waals surface area contributed by atoms with Crippen LogP contribution in [0.15, 0.2) is 16.6 Å². The van der Waals surface area contributed by atoms with Gasteiger partial charge < -0.3 is 9.47 Å². The quantitative estimate of drug-likeness (QED) is 0.750. The summed E-state index contributed by atoms with van der Waals surface area (Å²) in [7, 11) is -3.33. The first-order chi connectivity index (χ1) is 9.52. The van der Waals surface area contributed by atoms with Gasteiger partial charge in [0.1, 0.15) is 5.75 Å². The van der Waals surface area contributed by atoms with Crippen LogP contribution in [0, 0.1) is 0 Å². The van der Waals surface area contributed by atoms with Gasteiger partial charge in [0.05, 0.1) is 19.0 Å². The van der Waals surface area contributed by atoms with Gasteiger partial charge in [-0.2, -0.15) is 0 Å². The Morgan fingerprint density at radius 2 is 2.25 bits per heavy atom. The molecule has 1 aliphatic rings. The summed E-state index contributed by atoms with van der Waals surface area (Å²) in [6.07, 6.45) is 0.860. The number of fused-ring (bicyclic) bond motifs is 1. The first kappa shape index (κ1) is 15.8. The standard InChI is InChI=1S/C13H18BrNO4S/c1-2-18-5-6-20(16,17)15-9-11-8-12(14)7-10-3-4-19-13(10)11/h7-8,15H,2-6,9H2,1H3. The van der Waals surface area contributed by atoms with Crippen LogP contribution in [0.5, 0.6) is 5.75 Å². The molecule has 0 saturated heterocycles. The monoisotopic (exact) mass is 363 g/mol. The Hall–Kier alpha value is -0.630. The van der Waals surface area contributed by atoms with Crippen molar-refractivity contribution in [1.29, 1.82) is 0 Å². The SMILES string of the molecule is CCOCCS(=O)(=O)NCc1cc(Br)cc2c1OCC2. The minimum Gasteiger partial charge on any atom is -0.493 e. The van der Waals surface area contributed by atoms with E-state index in [2.05, 4.69) is 20.7 Å². The second-order valence-electron chi connectivity index (χ2n) is 4.49. The molecule has 112 valence electrons. The van der Waals surface area contributed by atoms with Crippen molar-refractivity contribution in [3.63, 3.8) is 0 Å². The van der Waals surface area contributed by atoms with Crippen molar-refractivity contribution in [2.24, 2.45) is 0 Å².